The highest BCUT2D eigenvalue weighted by Crippen LogP contribution is 2.59. The highest BCUT2D eigenvalue weighted by molar-refractivity contribution is 6.09. The Balaban J connectivity index is 0.965. The molecule has 1 aromatic heterocycles. The molecule has 0 N–H and O–H groups in total. The van der Waals surface area contributed by atoms with E-state index in [1.54, 1.807) is 0 Å². The Kier molecular flexibility index (Phi) is 8.51. The summed E-state index contributed by atoms with van der Waals surface area (Å²) in [7, 11) is 0. The smallest absolute Gasteiger partial charge is 0.143 e. The van der Waals surface area contributed by atoms with Gasteiger partial charge in [0.1, 0.15) is 11.2 Å². The van der Waals surface area contributed by atoms with Gasteiger partial charge in [0.25, 0.3) is 0 Å². The number of rotatable bonds is 7. The van der Waals surface area contributed by atoms with Crippen LogP contribution in [0.15, 0.2) is 241 Å². The van der Waals surface area contributed by atoms with Crippen molar-refractivity contribution in [2.75, 3.05) is 4.90 Å². The van der Waals surface area contributed by atoms with Crippen molar-refractivity contribution in [2.45, 2.75) is 24.7 Å². The Morgan fingerprint density at radius 2 is 0.833 bits per heavy atom. The summed E-state index contributed by atoms with van der Waals surface area (Å²) in [6, 6.07) is 86.9. The summed E-state index contributed by atoms with van der Waals surface area (Å²) in [5.74, 6) is 0. The summed E-state index contributed by atoms with van der Waals surface area (Å²) >= 11 is 0. The lowest BCUT2D eigenvalue weighted by Gasteiger charge is -2.35. The second-order valence-corrected chi connectivity index (χ2v) is 18.4. The number of para-hydroxylation sites is 2. The molecule has 2 heteroatoms. The predicted molar refractivity (Wildman–Crippen MR) is 274 cm³/mol. The van der Waals surface area contributed by atoms with E-state index in [2.05, 4.69) is 249 Å². The van der Waals surface area contributed by atoms with Crippen LogP contribution in [-0.4, -0.2) is 0 Å². The molecule has 1 heterocycles. The SMILES string of the molecule is CC1(C)c2ccccc2-c2ccc(N(c3ccc(-c4cccc5c4C(c4ccccc4)(c4ccccc4)c4ccccc4-5)cc3)c3ccc(-c4cccc5c4oc4ccccc45)cc3)cc21. The Bertz CT molecular complexity index is 3620. The molecule has 312 valence electrons. The molecule has 11 aromatic rings. The quantitative estimate of drug-likeness (QED) is 0.159. The molecule has 0 saturated carbocycles. The van der Waals surface area contributed by atoms with E-state index in [0.717, 1.165) is 50.1 Å². The van der Waals surface area contributed by atoms with Crippen molar-refractivity contribution in [3.05, 3.63) is 270 Å². The first-order valence-electron chi connectivity index (χ1n) is 23.0. The van der Waals surface area contributed by atoms with Crippen molar-refractivity contribution in [3.63, 3.8) is 0 Å². The van der Waals surface area contributed by atoms with Crippen LogP contribution in [0.3, 0.4) is 0 Å². The second-order valence-electron chi connectivity index (χ2n) is 18.4. The van der Waals surface area contributed by atoms with E-state index < -0.39 is 5.41 Å². The van der Waals surface area contributed by atoms with Crippen LogP contribution in [0.2, 0.25) is 0 Å². The van der Waals surface area contributed by atoms with Gasteiger partial charge in [-0.25, -0.2) is 0 Å². The Morgan fingerprint density at radius 1 is 0.348 bits per heavy atom. The standard InChI is InChI=1S/C64H45NO/c1-63(2)57-28-12-9-21-51(57)53-40-39-48(41-59(53)63)65(47-37-33-43(34-38-47)50-25-16-27-56-54-23-11-14-30-60(54)66-62(50)56)46-35-31-42(32-36-46)49-24-15-26-55-52-22-10-13-29-58(52)64(61(49)55,44-17-5-3-6-18-44)45-19-7-4-8-20-45/h3-41H,1-2H3. The van der Waals surface area contributed by atoms with Gasteiger partial charge in [-0.15, -0.1) is 0 Å². The molecule has 0 fully saturated rings. The van der Waals surface area contributed by atoms with Gasteiger partial charge in [0, 0.05) is 38.8 Å². The Labute approximate surface area is 385 Å². The molecule has 0 aliphatic heterocycles. The van der Waals surface area contributed by atoms with Crippen LogP contribution >= 0.6 is 0 Å². The largest absolute Gasteiger partial charge is 0.455 e. The molecule has 0 unspecified atom stereocenters. The molecule has 10 aromatic carbocycles. The number of fused-ring (bicyclic) bond motifs is 9. The maximum Gasteiger partial charge on any atom is 0.143 e. The van der Waals surface area contributed by atoms with Crippen LogP contribution in [0.4, 0.5) is 17.1 Å². The third-order valence-electron chi connectivity index (χ3n) is 14.6. The van der Waals surface area contributed by atoms with Crippen LogP contribution in [-0.2, 0) is 10.8 Å². The highest BCUT2D eigenvalue weighted by atomic mass is 16.3. The molecule has 66 heavy (non-hydrogen) atoms. The third-order valence-corrected chi connectivity index (χ3v) is 14.6. The summed E-state index contributed by atoms with van der Waals surface area (Å²) in [4.78, 5) is 2.41. The maximum atomic E-state index is 6.49. The first kappa shape index (κ1) is 38.3. The van der Waals surface area contributed by atoms with Gasteiger partial charge in [-0.05, 0) is 115 Å². The van der Waals surface area contributed by atoms with E-state index in [1.165, 1.54) is 66.8 Å². The highest BCUT2D eigenvalue weighted by Gasteiger charge is 2.47. The Morgan fingerprint density at radius 3 is 1.53 bits per heavy atom. The van der Waals surface area contributed by atoms with Gasteiger partial charge in [-0.1, -0.05) is 208 Å². The fraction of sp³-hybridized carbons (Fsp3) is 0.0625. The summed E-state index contributed by atoms with van der Waals surface area (Å²) in [5.41, 5.74) is 22.2. The van der Waals surface area contributed by atoms with Crippen LogP contribution in [0.5, 0.6) is 0 Å². The Hall–Kier alpha value is -8.20. The summed E-state index contributed by atoms with van der Waals surface area (Å²) in [5, 5.41) is 2.27. The first-order valence-corrected chi connectivity index (χ1v) is 23.0. The molecule has 0 radical (unpaired) electrons. The molecule has 0 saturated heterocycles. The number of benzene rings is 10. The van der Waals surface area contributed by atoms with Crippen LogP contribution in [0.25, 0.3) is 66.4 Å². The van der Waals surface area contributed by atoms with Crippen molar-refractivity contribution >= 4 is 39.0 Å². The summed E-state index contributed by atoms with van der Waals surface area (Å²) in [6.07, 6.45) is 0. The van der Waals surface area contributed by atoms with Gasteiger partial charge in [0.15, 0.2) is 0 Å². The zero-order valence-electron chi connectivity index (χ0n) is 36.9. The van der Waals surface area contributed by atoms with E-state index in [0.29, 0.717) is 0 Å². The first-order chi connectivity index (χ1) is 32.5. The van der Waals surface area contributed by atoms with E-state index in [1.807, 2.05) is 6.07 Å². The van der Waals surface area contributed by atoms with Crippen LogP contribution in [0, 0.1) is 0 Å². The van der Waals surface area contributed by atoms with Crippen molar-refractivity contribution < 1.29 is 4.42 Å². The molecule has 0 amide bonds. The minimum absolute atomic E-state index is 0.137. The number of hydrogen-bond acceptors (Lipinski definition) is 2. The topological polar surface area (TPSA) is 16.4 Å². The van der Waals surface area contributed by atoms with Crippen molar-refractivity contribution in [3.8, 4) is 44.5 Å². The lowest BCUT2D eigenvalue weighted by atomic mass is 9.66. The zero-order valence-corrected chi connectivity index (χ0v) is 36.9. The van der Waals surface area contributed by atoms with Gasteiger partial charge in [-0.2, -0.15) is 0 Å². The van der Waals surface area contributed by atoms with Crippen molar-refractivity contribution in [1.82, 2.24) is 0 Å². The molecule has 0 spiro atoms. The van der Waals surface area contributed by atoms with Gasteiger partial charge >= 0.3 is 0 Å². The average Bonchev–Trinajstić information content (AvgIpc) is 3.99. The van der Waals surface area contributed by atoms with Gasteiger partial charge in [0.05, 0.1) is 5.41 Å². The second kappa shape index (κ2) is 14.7. The fourth-order valence-electron chi connectivity index (χ4n) is 11.6. The van der Waals surface area contributed by atoms with Crippen LogP contribution in [0.1, 0.15) is 47.2 Å². The third kappa shape index (κ3) is 5.55. The molecule has 0 bridgehead atoms. The van der Waals surface area contributed by atoms with E-state index >= 15 is 0 Å². The molecule has 2 nitrogen and oxygen atoms in total. The molecule has 0 atom stereocenters. The maximum absolute atomic E-state index is 6.49. The minimum atomic E-state index is -0.501. The lowest BCUT2D eigenvalue weighted by Crippen LogP contribution is -2.29. The molecular weight excluding hydrogens is 799 g/mol. The van der Waals surface area contributed by atoms with Crippen LogP contribution < -0.4 is 4.90 Å². The fourth-order valence-corrected chi connectivity index (χ4v) is 11.6. The normalized spacial score (nSPS) is 13.8. The summed E-state index contributed by atoms with van der Waals surface area (Å²) in [6.45, 7) is 4.71. The molecule has 13 rings (SSSR count). The van der Waals surface area contributed by atoms with Crippen molar-refractivity contribution in [2.24, 2.45) is 0 Å². The van der Waals surface area contributed by atoms with E-state index in [-0.39, 0.29) is 5.41 Å². The lowest BCUT2D eigenvalue weighted by molar-refractivity contribution is 0.660. The van der Waals surface area contributed by atoms with Gasteiger partial charge in [0.2, 0.25) is 0 Å². The molecule has 2 aliphatic rings. The number of hydrogen-bond donors (Lipinski definition) is 0. The number of furan rings is 1. The number of nitrogens with zero attached hydrogens (tertiary/aromatic N) is 1. The predicted octanol–water partition coefficient (Wildman–Crippen LogP) is 17.1. The average molecular weight is 844 g/mol. The number of anilines is 3. The van der Waals surface area contributed by atoms with E-state index in [9.17, 15) is 0 Å². The van der Waals surface area contributed by atoms with Gasteiger partial charge < -0.3 is 9.32 Å². The van der Waals surface area contributed by atoms with E-state index in [4.69, 9.17) is 4.42 Å². The monoisotopic (exact) mass is 843 g/mol. The molecule has 2 aliphatic carbocycles. The zero-order chi connectivity index (χ0) is 44.0. The van der Waals surface area contributed by atoms with Gasteiger partial charge in [-0.3, -0.25) is 0 Å². The molecular formula is C64H45NO. The summed E-state index contributed by atoms with van der Waals surface area (Å²) < 4.78 is 6.49. The minimum Gasteiger partial charge on any atom is -0.455 e. The van der Waals surface area contributed by atoms with Crippen molar-refractivity contribution in [1.29, 1.82) is 0 Å².